The summed E-state index contributed by atoms with van der Waals surface area (Å²) >= 11 is 1.07. The molecule has 2 aromatic rings. The molecule has 0 aliphatic carbocycles. The summed E-state index contributed by atoms with van der Waals surface area (Å²) < 4.78 is 10.3. The quantitative estimate of drug-likeness (QED) is 0.876. The molecule has 0 bridgehead atoms. The Labute approximate surface area is 113 Å². The smallest absolute Gasteiger partial charge is 0.347 e. The largest absolute Gasteiger partial charge is 0.493 e. The lowest BCUT2D eigenvalue weighted by Gasteiger charge is -2.09. The Balaban J connectivity index is 2.20. The Morgan fingerprint density at radius 3 is 2.63 bits per heavy atom. The number of aromatic carboxylic acids is 1. The van der Waals surface area contributed by atoms with Crippen LogP contribution < -0.4 is 14.8 Å². The third kappa shape index (κ3) is 2.94. The van der Waals surface area contributed by atoms with Crippen LogP contribution in [0.15, 0.2) is 24.4 Å². The molecule has 0 radical (unpaired) electrons. The molecule has 1 aromatic heterocycles. The van der Waals surface area contributed by atoms with Crippen LogP contribution in [0.3, 0.4) is 0 Å². The van der Waals surface area contributed by atoms with Gasteiger partial charge < -0.3 is 19.9 Å². The van der Waals surface area contributed by atoms with Gasteiger partial charge in [0.25, 0.3) is 0 Å². The predicted molar refractivity (Wildman–Crippen MR) is 71.9 cm³/mol. The van der Waals surface area contributed by atoms with Gasteiger partial charge in [-0.15, -0.1) is 0 Å². The first-order chi connectivity index (χ1) is 9.13. The average Bonchev–Trinajstić information content (AvgIpc) is 2.87. The second-order valence-electron chi connectivity index (χ2n) is 3.53. The number of methoxy groups -OCH3 is 2. The molecule has 19 heavy (non-hydrogen) atoms. The van der Waals surface area contributed by atoms with Crippen molar-refractivity contribution in [2.24, 2.45) is 0 Å². The molecule has 0 spiro atoms. The normalized spacial score (nSPS) is 10.0. The van der Waals surface area contributed by atoms with E-state index >= 15 is 0 Å². The van der Waals surface area contributed by atoms with E-state index in [0.717, 1.165) is 17.0 Å². The first-order valence-electron chi connectivity index (χ1n) is 5.32. The third-order valence-corrected chi connectivity index (χ3v) is 3.25. The minimum absolute atomic E-state index is 0.183. The van der Waals surface area contributed by atoms with Crippen molar-refractivity contribution in [1.82, 2.24) is 4.98 Å². The van der Waals surface area contributed by atoms with Crippen molar-refractivity contribution in [2.45, 2.75) is 0 Å². The van der Waals surface area contributed by atoms with Crippen LogP contribution in [0.25, 0.3) is 0 Å². The molecule has 0 aliphatic rings. The zero-order valence-electron chi connectivity index (χ0n) is 10.3. The Morgan fingerprint density at radius 2 is 2.05 bits per heavy atom. The SMILES string of the molecule is COc1ccc(Nc2ncc(C(=O)O)s2)cc1OC. The van der Waals surface area contributed by atoms with Crippen LogP contribution in [-0.4, -0.2) is 30.3 Å². The van der Waals surface area contributed by atoms with Gasteiger partial charge in [0.05, 0.1) is 20.4 Å². The van der Waals surface area contributed by atoms with E-state index in [1.165, 1.54) is 6.20 Å². The fraction of sp³-hybridized carbons (Fsp3) is 0.167. The summed E-state index contributed by atoms with van der Waals surface area (Å²) in [7, 11) is 3.11. The highest BCUT2D eigenvalue weighted by Gasteiger charge is 2.10. The Kier molecular flexibility index (Phi) is 3.86. The van der Waals surface area contributed by atoms with Gasteiger partial charge in [-0.05, 0) is 12.1 Å². The molecule has 0 fully saturated rings. The van der Waals surface area contributed by atoms with E-state index in [1.807, 2.05) is 0 Å². The second-order valence-corrected chi connectivity index (χ2v) is 4.56. The highest BCUT2D eigenvalue weighted by Crippen LogP contribution is 2.31. The lowest BCUT2D eigenvalue weighted by Crippen LogP contribution is -1.93. The Morgan fingerprint density at radius 1 is 1.32 bits per heavy atom. The van der Waals surface area contributed by atoms with Crippen molar-refractivity contribution >= 4 is 28.1 Å². The third-order valence-electron chi connectivity index (χ3n) is 2.35. The van der Waals surface area contributed by atoms with Gasteiger partial charge in [0.1, 0.15) is 4.88 Å². The van der Waals surface area contributed by atoms with Gasteiger partial charge in [0.15, 0.2) is 16.6 Å². The molecule has 2 N–H and O–H groups in total. The fourth-order valence-corrected chi connectivity index (χ4v) is 2.14. The fourth-order valence-electron chi connectivity index (χ4n) is 1.47. The van der Waals surface area contributed by atoms with Gasteiger partial charge in [-0.3, -0.25) is 0 Å². The summed E-state index contributed by atoms with van der Waals surface area (Å²) in [6.07, 6.45) is 1.32. The Bertz CT molecular complexity index is 597. The molecule has 2 rings (SSSR count). The number of nitrogens with zero attached hydrogens (tertiary/aromatic N) is 1. The molecule has 0 aliphatic heterocycles. The van der Waals surface area contributed by atoms with Gasteiger partial charge in [0.2, 0.25) is 0 Å². The number of nitrogens with one attached hydrogen (secondary N) is 1. The van der Waals surface area contributed by atoms with Crippen molar-refractivity contribution in [2.75, 3.05) is 19.5 Å². The molecule has 1 heterocycles. The topological polar surface area (TPSA) is 80.7 Å². The minimum atomic E-state index is -0.988. The maximum atomic E-state index is 10.8. The van der Waals surface area contributed by atoms with E-state index in [0.29, 0.717) is 16.6 Å². The van der Waals surface area contributed by atoms with Crippen molar-refractivity contribution in [3.05, 3.63) is 29.3 Å². The van der Waals surface area contributed by atoms with Gasteiger partial charge in [-0.2, -0.15) is 0 Å². The molecule has 0 saturated carbocycles. The van der Waals surface area contributed by atoms with Crippen LogP contribution in [0, 0.1) is 0 Å². The van der Waals surface area contributed by atoms with Crippen LogP contribution in [0.4, 0.5) is 10.8 Å². The number of benzene rings is 1. The maximum absolute atomic E-state index is 10.8. The molecule has 1 aromatic carbocycles. The van der Waals surface area contributed by atoms with E-state index in [-0.39, 0.29) is 4.88 Å². The first kappa shape index (κ1) is 13.2. The zero-order chi connectivity index (χ0) is 13.8. The summed E-state index contributed by atoms with van der Waals surface area (Å²) in [6, 6.07) is 5.30. The summed E-state index contributed by atoms with van der Waals surface area (Å²) in [6.45, 7) is 0. The van der Waals surface area contributed by atoms with Crippen molar-refractivity contribution in [1.29, 1.82) is 0 Å². The van der Waals surface area contributed by atoms with Crippen molar-refractivity contribution in [3.63, 3.8) is 0 Å². The van der Waals surface area contributed by atoms with Gasteiger partial charge in [0, 0.05) is 11.8 Å². The number of hydrogen-bond acceptors (Lipinski definition) is 6. The van der Waals surface area contributed by atoms with Gasteiger partial charge in [-0.25, -0.2) is 9.78 Å². The molecular weight excluding hydrogens is 268 g/mol. The van der Waals surface area contributed by atoms with Gasteiger partial charge >= 0.3 is 5.97 Å². The van der Waals surface area contributed by atoms with Crippen molar-refractivity contribution < 1.29 is 19.4 Å². The van der Waals surface area contributed by atoms with Crippen LogP contribution in [0.5, 0.6) is 11.5 Å². The number of carbonyl (C=O) groups is 1. The summed E-state index contributed by atoms with van der Waals surface area (Å²) in [5.74, 6) is 0.221. The lowest BCUT2D eigenvalue weighted by molar-refractivity contribution is 0.0702. The van der Waals surface area contributed by atoms with Gasteiger partial charge in [-0.1, -0.05) is 11.3 Å². The predicted octanol–water partition coefficient (Wildman–Crippen LogP) is 2.60. The number of carboxylic acids is 1. The number of hydrogen-bond donors (Lipinski definition) is 2. The molecule has 0 atom stereocenters. The molecule has 0 saturated heterocycles. The highest BCUT2D eigenvalue weighted by molar-refractivity contribution is 7.17. The maximum Gasteiger partial charge on any atom is 0.347 e. The lowest BCUT2D eigenvalue weighted by atomic mass is 10.3. The minimum Gasteiger partial charge on any atom is -0.493 e. The number of thiazole rings is 1. The molecular formula is C12H12N2O4S. The van der Waals surface area contributed by atoms with E-state index in [9.17, 15) is 4.79 Å². The summed E-state index contributed by atoms with van der Waals surface area (Å²) in [5, 5.41) is 12.3. The number of aromatic nitrogens is 1. The first-order valence-corrected chi connectivity index (χ1v) is 6.14. The van der Waals surface area contributed by atoms with E-state index in [1.54, 1.807) is 32.4 Å². The monoisotopic (exact) mass is 280 g/mol. The molecule has 7 heteroatoms. The van der Waals surface area contributed by atoms with E-state index in [2.05, 4.69) is 10.3 Å². The summed E-state index contributed by atoms with van der Waals surface area (Å²) in [5.41, 5.74) is 0.740. The van der Waals surface area contributed by atoms with E-state index in [4.69, 9.17) is 14.6 Å². The molecule has 6 nitrogen and oxygen atoms in total. The number of rotatable bonds is 5. The highest BCUT2D eigenvalue weighted by atomic mass is 32.1. The number of carboxylic acid groups (broad SMARTS) is 1. The Hall–Kier alpha value is -2.28. The van der Waals surface area contributed by atoms with Crippen LogP contribution in [0.2, 0.25) is 0 Å². The molecule has 100 valence electrons. The molecule has 0 unspecified atom stereocenters. The van der Waals surface area contributed by atoms with Crippen LogP contribution >= 0.6 is 11.3 Å². The van der Waals surface area contributed by atoms with Crippen molar-refractivity contribution in [3.8, 4) is 11.5 Å². The average molecular weight is 280 g/mol. The zero-order valence-corrected chi connectivity index (χ0v) is 11.2. The molecule has 0 amide bonds. The van der Waals surface area contributed by atoms with Crippen LogP contribution in [-0.2, 0) is 0 Å². The standard InChI is InChI=1S/C12H12N2O4S/c1-17-8-4-3-7(5-9(8)18-2)14-12-13-6-10(19-12)11(15)16/h3-6H,1-2H3,(H,13,14)(H,15,16). The number of anilines is 2. The van der Waals surface area contributed by atoms with E-state index < -0.39 is 5.97 Å². The number of ether oxygens (including phenoxy) is 2. The second kappa shape index (κ2) is 5.57. The van der Waals surface area contributed by atoms with Crippen LogP contribution in [0.1, 0.15) is 9.67 Å². The summed E-state index contributed by atoms with van der Waals surface area (Å²) in [4.78, 5) is 14.9.